The molecule has 1 aromatic rings. The first-order valence-corrected chi connectivity index (χ1v) is 6.03. The van der Waals surface area contributed by atoms with E-state index in [4.69, 9.17) is 28.9 Å². The maximum atomic E-state index is 11.6. The van der Waals surface area contributed by atoms with Crippen LogP contribution in [-0.4, -0.2) is 18.0 Å². The number of nitrogens with two attached hydrogens (primary N) is 1. The first kappa shape index (κ1) is 17.5. The maximum Gasteiger partial charge on any atom is 0.224 e. The number of hydrogen-bond acceptors (Lipinski definition) is 2. The Morgan fingerprint density at radius 1 is 1.39 bits per heavy atom. The summed E-state index contributed by atoms with van der Waals surface area (Å²) in [5.41, 5.74) is 6.10. The van der Waals surface area contributed by atoms with E-state index in [9.17, 15) is 4.79 Å². The predicted octanol–water partition coefficient (Wildman–Crippen LogP) is 2.81. The third-order valence-corrected chi connectivity index (χ3v) is 2.69. The summed E-state index contributed by atoms with van der Waals surface area (Å²) in [6, 6.07) is 5.08. The minimum Gasteiger partial charge on any atom is -0.354 e. The van der Waals surface area contributed by atoms with Crippen LogP contribution in [0.2, 0.25) is 10.0 Å². The molecular formula is C12H17Cl3N2O. The molecule has 18 heavy (non-hydrogen) atoms. The lowest BCUT2D eigenvalue weighted by molar-refractivity contribution is -0.120. The van der Waals surface area contributed by atoms with Crippen LogP contribution in [0.5, 0.6) is 0 Å². The minimum atomic E-state index is -0.417. The van der Waals surface area contributed by atoms with Gasteiger partial charge in [0.1, 0.15) is 0 Å². The molecule has 3 nitrogen and oxygen atoms in total. The fraction of sp³-hybridized carbons (Fsp3) is 0.417. The van der Waals surface area contributed by atoms with Crippen LogP contribution in [0.15, 0.2) is 18.2 Å². The number of carbonyl (C=O) groups excluding carboxylic acids is 1. The second kappa shape index (κ2) is 7.19. The van der Waals surface area contributed by atoms with Gasteiger partial charge in [0.2, 0.25) is 5.91 Å². The smallest absolute Gasteiger partial charge is 0.224 e. The van der Waals surface area contributed by atoms with Gasteiger partial charge < -0.3 is 11.1 Å². The number of carbonyl (C=O) groups is 1. The molecule has 6 heteroatoms. The van der Waals surface area contributed by atoms with Gasteiger partial charge in [-0.25, -0.2) is 0 Å². The van der Waals surface area contributed by atoms with E-state index in [0.717, 1.165) is 5.56 Å². The summed E-state index contributed by atoms with van der Waals surface area (Å²) >= 11 is 11.7. The van der Waals surface area contributed by atoms with E-state index in [2.05, 4.69) is 5.32 Å². The Labute approximate surface area is 123 Å². The van der Waals surface area contributed by atoms with Gasteiger partial charge in [0.15, 0.2) is 0 Å². The summed E-state index contributed by atoms with van der Waals surface area (Å²) in [5, 5.41) is 3.81. The van der Waals surface area contributed by atoms with Crippen molar-refractivity contribution in [3.63, 3.8) is 0 Å². The highest BCUT2D eigenvalue weighted by atomic mass is 35.5. The lowest BCUT2D eigenvalue weighted by Gasteiger charge is -2.19. The normalized spacial score (nSPS) is 10.7. The van der Waals surface area contributed by atoms with Crippen LogP contribution in [0, 0.1) is 0 Å². The van der Waals surface area contributed by atoms with Crippen LogP contribution in [0.1, 0.15) is 19.4 Å². The zero-order chi connectivity index (χ0) is 13.1. The molecule has 3 N–H and O–H groups in total. The highest BCUT2D eigenvalue weighted by Gasteiger charge is 2.13. The molecule has 0 saturated carbocycles. The molecule has 0 heterocycles. The Bertz CT molecular complexity index is 416. The average Bonchev–Trinajstić information content (AvgIpc) is 2.18. The standard InChI is InChI=1S/C12H16Cl2N2O.ClH/c1-12(2,15)7-16-11(17)5-8-3-4-9(13)6-10(8)14;/h3-4,6H,5,7,15H2,1-2H3,(H,16,17);1H. The van der Waals surface area contributed by atoms with Crippen molar-refractivity contribution in [1.82, 2.24) is 5.32 Å². The predicted molar refractivity (Wildman–Crippen MR) is 78.7 cm³/mol. The maximum absolute atomic E-state index is 11.6. The van der Waals surface area contributed by atoms with E-state index in [0.29, 0.717) is 16.6 Å². The molecule has 0 spiro atoms. The minimum absolute atomic E-state index is 0. The van der Waals surface area contributed by atoms with Crippen molar-refractivity contribution in [2.24, 2.45) is 5.73 Å². The van der Waals surface area contributed by atoms with Gasteiger partial charge in [-0.2, -0.15) is 0 Å². The highest BCUT2D eigenvalue weighted by Crippen LogP contribution is 2.21. The molecular weight excluding hydrogens is 295 g/mol. The number of nitrogens with one attached hydrogen (secondary N) is 1. The molecule has 0 aromatic heterocycles. The zero-order valence-electron chi connectivity index (χ0n) is 10.3. The molecule has 0 radical (unpaired) electrons. The van der Waals surface area contributed by atoms with Gasteiger partial charge in [-0.05, 0) is 31.5 Å². The SMILES string of the molecule is CC(C)(N)CNC(=O)Cc1ccc(Cl)cc1Cl.Cl. The Balaban J connectivity index is 0.00000289. The second-order valence-electron chi connectivity index (χ2n) is 4.68. The number of amides is 1. The van der Waals surface area contributed by atoms with Crippen molar-refractivity contribution in [3.8, 4) is 0 Å². The van der Waals surface area contributed by atoms with Crippen molar-refractivity contribution < 1.29 is 4.79 Å². The molecule has 0 aliphatic heterocycles. The lowest BCUT2D eigenvalue weighted by Crippen LogP contribution is -2.45. The van der Waals surface area contributed by atoms with E-state index in [1.165, 1.54) is 0 Å². The van der Waals surface area contributed by atoms with E-state index >= 15 is 0 Å². The fourth-order valence-corrected chi connectivity index (χ4v) is 1.70. The summed E-state index contributed by atoms with van der Waals surface area (Å²) in [7, 11) is 0. The van der Waals surface area contributed by atoms with Crippen LogP contribution in [-0.2, 0) is 11.2 Å². The topological polar surface area (TPSA) is 55.1 Å². The van der Waals surface area contributed by atoms with Crippen molar-refractivity contribution in [3.05, 3.63) is 33.8 Å². The number of hydrogen-bond donors (Lipinski definition) is 2. The van der Waals surface area contributed by atoms with Gasteiger partial charge in [0.25, 0.3) is 0 Å². The van der Waals surface area contributed by atoms with Crippen LogP contribution in [0.25, 0.3) is 0 Å². The Morgan fingerprint density at radius 2 is 2.00 bits per heavy atom. The van der Waals surface area contributed by atoms with E-state index in [1.54, 1.807) is 18.2 Å². The summed E-state index contributed by atoms with van der Waals surface area (Å²) in [6.45, 7) is 4.13. The fourth-order valence-electron chi connectivity index (χ4n) is 1.23. The van der Waals surface area contributed by atoms with Crippen LogP contribution in [0.4, 0.5) is 0 Å². The third kappa shape index (κ3) is 6.45. The van der Waals surface area contributed by atoms with Gasteiger partial charge >= 0.3 is 0 Å². The highest BCUT2D eigenvalue weighted by molar-refractivity contribution is 6.35. The second-order valence-corrected chi connectivity index (χ2v) is 5.52. The quantitative estimate of drug-likeness (QED) is 0.898. The molecule has 1 aromatic carbocycles. The van der Waals surface area contributed by atoms with Crippen molar-refractivity contribution in [2.75, 3.05) is 6.54 Å². The molecule has 1 amide bonds. The molecule has 0 fully saturated rings. The van der Waals surface area contributed by atoms with Gasteiger partial charge in [0, 0.05) is 22.1 Å². The Kier molecular flexibility index (Phi) is 7.00. The van der Waals surface area contributed by atoms with Gasteiger partial charge in [0.05, 0.1) is 6.42 Å². The van der Waals surface area contributed by atoms with E-state index in [1.807, 2.05) is 13.8 Å². The lowest BCUT2D eigenvalue weighted by atomic mass is 10.1. The molecule has 0 saturated heterocycles. The van der Waals surface area contributed by atoms with Crippen LogP contribution < -0.4 is 11.1 Å². The summed E-state index contributed by atoms with van der Waals surface area (Å²) in [5.74, 6) is -0.104. The average molecular weight is 312 g/mol. The zero-order valence-corrected chi connectivity index (χ0v) is 12.6. The van der Waals surface area contributed by atoms with Gasteiger partial charge in [-0.15, -0.1) is 12.4 Å². The molecule has 0 bridgehead atoms. The number of rotatable bonds is 4. The van der Waals surface area contributed by atoms with Gasteiger partial charge in [-0.1, -0.05) is 29.3 Å². The summed E-state index contributed by atoms with van der Waals surface area (Å²) < 4.78 is 0. The van der Waals surface area contributed by atoms with Crippen molar-refractivity contribution in [2.45, 2.75) is 25.8 Å². The molecule has 0 atom stereocenters. The molecule has 0 aliphatic carbocycles. The van der Waals surface area contributed by atoms with E-state index < -0.39 is 5.54 Å². The first-order chi connectivity index (χ1) is 7.78. The summed E-state index contributed by atoms with van der Waals surface area (Å²) in [4.78, 5) is 11.6. The third-order valence-electron chi connectivity index (χ3n) is 2.11. The molecule has 0 unspecified atom stereocenters. The number of halogens is 3. The largest absolute Gasteiger partial charge is 0.354 e. The van der Waals surface area contributed by atoms with E-state index in [-0.39, 0.29) is 24.7 Å². The molecule has 102 valence electrons. The van der Waals surface area contributed by atoms with Crippen molar-refractivity contribution >= 4 is 41.5 Å². The van der Waals surface area contributed by atoms with Crippen LogP contribution in [0.3, 0.4) is 0 Å². The molecule has 1 rings (SSSR count). The summed E-state index contributed by atoms with van der Waals surface area (Å²) in [6.07, 6.45) is 0.228. The van der Waals surface area contributed by atoms with Crippen molar-refractivity contribution in [1.29, 1.82) is 0 Å². The Hall–Kier alpha value is -0.480. The van der Waals surface area contributed by atoms with Crippen LogP contribution >= 0.6 is 35.6 Å². The number of benzene rings is 1. The van der Waals surface area contributed by atoms with Gasteiger partial charge in [-0.3, -0.25) is 4.79 Å². The first-order valence-electron chi connectivity index (χ1n) is 5.27. The monoisotopic (exact) mass is 310 g/mol. The molecule has 0 aliphatic rings. The Morgan fingerprint density at radius 3 is 2.50 bits per heavy atom.